The standard InChI is InChI=1S/C12H19FN2/c1-3-4-5-8-11-9-6-7-10(2)12(11)15(13)14/h6-7,9H,3-5,8,14H2,1-2H3. The Morgan fingerprint density at radius 3 is 2.67 bits per heavy atom. The number of rotatable bonds is 5. The Labute approximate surface area is 90.8 Å². The highest BCUT2D eigenvalue weighted by molar-refractivity contribution is 5.56. The van der Waals surface area contributed by atoms with E-state index in [1.54, 1.807) is 0 Å². The molecule has 3 heteroatoms. The monoisotopic (exact) mass is 210 g/mol. The summed E-state index contributed by atoms with van der Waals surface area (Å²) in [6.07, 6.45) is 4.32. The molecule has 0 aromatic heterocycles. The summed E-state index contributed by atoms with van der Waals surface area (Å²) in [6.45, 7) is 4.03. The number of anilines is 1. The summed E-state index contributed by atoms with van der Waals surface area (Å²) in [5, 5.41) is 0.233. The highest BCUT2D eigenvalue weighted by Crippen LogP contribution is 2.25. The van der Waals surface area contributed by atoms with E-state index in [0.29, 0.717) is 5.69 Å². The molecule has 0 aliphatic heterocycles. The number of benzene rings is 1. The lowest BCUT2D eigenvalue weighted by Gasteiger charge is -2.15. The number of hydrogen-bond donors (Lipinski definition) is 1. The molecule has 0 fully saturated rings. The molecule has 1 aromatic carbocycles. The first-order valence-corrected chi connectivity index (χ1v) is 5.46. The van der Waals surface area contributed by atoms with Gasteiger partial charge >= 0.3 is 0 Å². The lowest BCUT2D eigenvalue weighted by molar-refractivity contribution is 0.441. The van der Waals surface area contributed by atoms with Gasteiger partial charge in [0.1, 0.15) is 0 Å². The van der Waals surface area contributed by atoms with Crippen molar-refractivity contribution in [2.45, 2.75) is 39.5 Å². The van der Waals surface area contributed by atoms with Crippen molar-refractivity contribution in [3.63, 3.8) is 0 Å². The second-order valence-electron chi connectivity index (χ2n) is 3.85. The number of para-hydroxylation sites is 1. The van der Waals surface area contributed by atoms with Crippen molar-refractivity contribution in [3.05, 3.63) is 29.3 Å². The van der Waals surface area contributed by atoms with Crippen molar-refractivity contribution < 1.29 is 4.48 Å². The van der Waals surface area contributed by atoms with Gasteiger partial charge in [0.25, 0.3) is 0 Å². The van der Waals surface area contributed by atoms with Crippen molar-refractivity contribution in [3.8, 4) is 0 Å². The zero-order valence-corrected chi connectivity index (χ0v) is 9.46. The van der Waals surface area contributed by atoms with Crippen LogP contribution in [-0.4, -0.2) is 0 Å². The third-order valence-corrected chi connectivity index (χ3v) is 2.58. The van der Waals surface area contributed by atoms with Crippen molar-refractivity contribution in [2.75, 3.05) is 5.23 Å². The first-order valence-electron chi connectivity index (χ1n) is 5.46. The summed E-state index contributed by atoms with van der Waals surface area (Å²) < 4.78 is 13.1. The maximum atomic E-state index is 13.1. The van der Waals surface area contributed by atoms with Gasteiger partial charge in [-0.2, -0.15) is 0 Å². The topological polar surface area (TPSA) is 29.3 Å². The van der Waals surface area contributed by atoms with Crippen LogP contribution in [0.3, 0.4) is 0 Å². The summed E-state index contributed by atoms with van der Waals surface area (Å²) in [5.41, 5.74) is 2.40. The predicted octanol–water partition coefficient (Wildman–Crippen LogP) is 3.29. The zero-order valence-electron chi connectivity index (χ0n) is 9.46. The van der Waals surface area contributed by atoms with Crippen LogP contribution in [0.15, 0.2) is 18.2 Å². The minimum absolute atomic E-state index is 0.233. The molecular weight excluding hydrogens is 191 g/mol. The van der Waals surface area contributed by atoms with Crippen LogP contribution in [0.1, 0.15) is 37.3 Å². The van der Waals surface area contributed by atoms with Gasteiger partial charge in [-0.1, -0.05) is 42.4 Å². The Morgan fingerprint density at radius 1 is 1.33 bits per heavy atom. The first-order chi connectivity index (χ1) is 7.16. The van der Waals surface area contributed by atoms with Gasteiger partial charge in [0, 0.05) is 0 Å². The number of hydrogen-bond acceptors (Lipinski definition) is 2. The van der Waals surface area contributed by atoms with E-state index in [-0.39, 0.29) is 5.23 Å². The molecule has 0 amide bonds. The quantitative estimate of drug-likeness (QED) is 0.350. The van der Waals surface area contributed by atoms with E-state index in [9.17, 15) is 4.48 Å². The van der Waals surface area contributed by atoms with Crippen LogP contribution in [0.5, 0.6) is 0 Å². The fourth-order valence-electron chi connectivity index (χ4n) is 1.79. The van der Waals surface area contributed by atoms with Crippen molar-refractivity contribution in [1.82, 2.24) is 0 Å². The van der Waals surface area contributed by atoms with E-state index >= 15 is 0 Å². The summed E-state index contributed by atoms with van der Waals surface area (Å²) in [4.78, 5) is 0. The smallest absolute Gasteiger partial charge is 0.0933 e. The summed E-state index contributed by atoms with van der Waals surface area (Å²) in [7, 11) is 0. The van der Waals surface area contributed by atoms with Crippen LogP contribution in [0, 0.1) is 6.92 Å². The summed E-state index contributed by atoms with van der Waals surface area (Å²) in [5.74, 6) is 5.19. The molecule has 0 radical (unpaired) electrons. The Hall–Kier alpha value is -1.09. The first kappa shape index (κ1) is 12.0. The largest absolute Gasteiger partial charge is 0.218 e. The lowest BCUT2D eigenvalue weighted by Crippen LogP contribution is -2.22. The van der Waals surface area contributed by atoms with Crippen LogP contribution in [0.4, 0.5) is 10.2 Å². The molecule has 0 aliphatic rings. The van der Waals surface area contributed by atoms with Gasteiger partial charge < -0.3 is 0 Å². The average Bonchev–Trinajstić information content (AvgIpc) is 2.17. The second-order valence-corrected chi connectivity index (χ2v) is 3.85. The van der Waals surface area contributed by atoms with Gasteiger partial charge in [-0.3, -0.25) is 0 Å². The summed E-state index contributed by atoms with van der Waals surface area (Å²) >= 11 is 0. The Balaban J connectivity index is 2.81. The van der Waals surface area contributed by atoms with E-state index in [0.717, 1.165) is 24.0 Å². The van der Waals surface area contributed by atoms with E-state index in [4.69, 9.17) is 5.84 Å². The van der Waals surface area contributed by atoms with Gasteiger partial charge in [0.2, 0.25) is 0 Å². The van der Waals surface area contributed by atoms with Crippen molar-refractivity contribution in [2.24, 2.45) is 5.84 Å². The maximum absolute atomic E-state index is 13.1. The van der Waals surface area contributed by atoms with E-state index < -0.39 is 0 Å². The molecule has 0 saturated heterocycles. The molecule has 2 N–H and O–H groups in total. The number of aryl methyl sites for hydroxylation is 2. The van der Waals surface area contributed by atoms with Crippen LogP contribution in [0.25, 0.3) is 0 Å². The van der Waals surface area contributed by atoms with Gasteiger partial charge in [-0.25, -0.2) is 5.84 Å². The molecule has 0 aliphatic carbocycles. The molecule has 15 heavy (non-hydrogen) atoms. The van der Waals surface area contributed by atoms with Crippen LogP contribution >= 0.6 is 0 Å². The molecule has 0 spiro atoms. The number of halogens is 1. The lowest BCUT2D eigenvalue weighted by atomic mass is 10.0. The molecular formula is C12H19FN2. The van der Waals surface area contributed by atoms with Gasteiger partial charge in [0.15, 0.2) is 0 Å². The molecule has 1 rings (SSSR count). The molecule has 0 saturated carbocycles. The molecule has 84 valence electrons. The van der Waals surface area contributed by atoms with Crippen LogP contribution < -0.4 is 11.1 Å². The number of unbranched alkanes of at least 4 members (excludes halogenated alkanes) is 2. The Morgan fingerprint density at radius 2 is 2.07 bits per heavy atom. The van der Waals surface area contributed by atoms with Gasteiger partial charge in [-0.15, -0.1) is 5.23 Å². The number of nitrogens with zero attached hydrogens (tertiary/aromatic N) is 1. The SMILES string of the molecule is CCCCCc1cccc(C)c1N(N)F. The molecule has 0 atom stereocenters. The molecule has 1 aromatic rings. The Kier molecular flexibility index (Phi) is 4.56. The van der Waals surface area contributed by atoms with Gasteiger partial charge in [0.05, 0.1) is 5.69 Å². The minimum atomic E-state index is 0.233. The molecule has 0 unspecified atom stereocenters. The minimum Gasteiger partial charge on any atom is -0.218 e. The summed E-state index contributed by atoms with van der Waals surface area (Å²) in [6, 6.07) is 5.76. The Bertz CT molecular complexity index is 310. The molecule has 0 heterocycles. The van der Waals surface area contributed by atoms with Gasteiger partial charge in [-0.05, 0) is 30.9 Å². The van der Waals surface area contributed by atoms with Crippen molar-refractivity contribution >= 4 is 5.69 Å². The highest BCUT2D eigenvalue weighted by atomic mass is 19.2. The second kappa shape index (κ2) is 5.71. The van der Waals surface area contributed by atoms with Crippen LogP contribution in [0.2, 0.25) is 0 Å². The third-order valence-electron chi connectivity index (χ3n) is 2.58. The predicted molar refractivity (Wildman–Crippen MR) is 62.2 cm³/mol. The molecule has 2 nitrogen and oxygen atoms in total. The average molecular weight is 210 g/mol. The fraction of sp³-hybridized carbons (Fsp3) is 0.500. The van der Waals surface area contributed by atoms with E-state index in [1.807, 2.05) is 25.1 Å². The van der Waals surface area contributed by atoms with Crippen molar-refractivity contribution in [1.29, 1.82) is 0 Å². The van der Waals surface area contributed by atoms with Crippen LogP contribution in [-0.2, 0) is 6.42 Å². The third kappa shape index (κ3) is 3.20. The highest BCUT2D eigenvalue weighted by Gasteiger charge is 2.09. The number of nitrogens with two attached hydrogens (primary N) is 1. The van der Waals surface area contributed by atoms with E-state index in [2.05, 4.69) is 6.92 Å². The normalized spacial score (nSPS) is 10.4. The zero-order chi connectivity index (χ0) is 11.3. The molecule has 0 bridgehead atoms. The maximum Gasteiger partial charge on any atom is 0.0933 e. The van der Waals surface area contributed by atoms with E-state index in [1.165, 1.54) is 12.8 Å². The fourth-order valence-corrected chi connectivity index (χ4v) is 1.79. The number of hydrazine groups is 1.